The van der Waals surface area contributed by atoms with E-state index in [0.717, 1.165) is 83.6 Å². The minimum absolute atomic E-state index is 0.0140. The number of halogens is 3. The van der Waals surface area contributed by atoms with Crippen LogP contribution >= 0.6 is 0 Å². The van der Waals surface area contributed by atoms with Gasteiger partial charge in [-0.15, -0.1) is 6.42 Å². The highest BCUT2D eigenvalue weighted by Crippen LogP contribution is 2.43. The number of alkyl halides is 1. The highest BCUT2D eigenvalue weighted by atomic mass is 19.1. The number of phenolic OH excluding ortho intramolecular Hbond substituents is 1. The molecular weight excluding hydrogens is 1020 g/mol. The lowest BCUT2D eigenvalue weighted by Crippen LogP contribution is -2.56. The van der Waals surface area contributed by atoms with Crippen molar-refractivity contribution in [3.63, 3.8) is 0 Å². The molecule has 0 radical (unpaired) electrons. The van der Waals surface area contributed by atoms with Gasteiger partial charge in [0.25, 0.3) is 0 Å². The number of piperazine rings is 1. The van der Waals surface area contributed by atoms with E-state index in [1.807, 2.05) is 23.6 Å². The largest absolute Gasteiger partial charge is 0.508 e. The van der Waals surface area contributed by atoms with Gasteiger partial charge in [0.15, 0.2) is 11.9 Å². The van der Waals surface area contributed by atoms with Gasteiger partial charge >= 0.3 is 23.9 Å². The van der Waals surface area contributed by atoms with E-state index in [1.165, 1.54) is 30.5 Å². The van der Waals surface area contributed by atoms with Crippen LogP contribution in [0.5, 0.6) is 11.8 Å². The third-order valence-corrected chi connectivity index (χ3v) is 16.3. The highest BCUT2D eigenvalue weighted by molar-refractivity contribution is 6.03. The molecule has 1 N–H and O–H groups in total. The van der Waals surface area contributed by atoms with Crippen LogP contribution in [0, 0.1) is 29.4 Å². The zero-order valence-electron chi connectivity index (χ0n) is 46.6. The Labute approximate surface area is 462 Å². The van der Waals surface area contributed by atoms with Crippen molar-refractivity contribution in [2.45, 2.75) is 192 Å². The summed E-state index contributed by atoms with van der Waals surface area (Å²) in [4.78, 5) is 73.6. The third kappa shape index (κ3) is 14.6. The fourth-order valence-corrected chi connectivity index (χ4v) is 12.3. The number of ether oxygens (including phenoxy) is 4. The summed E-state index contributed by atoms with van der Waals surface area (Å²) in [5.74, 6) is -0.684. The second-order valence-electron chi connectivity index (χ2n) is 23.2. The molecule has 2 bridgehead atoms. The number of benzene rings is 2. The maximum Gasteiger partial charge on any atom is 0.319 e. The minimum Gasteiger partial charge on any atom is -0.508 e. The van der Waals surface area contributed by atoms with Crippen LogP contribution in [0.25, 0.3) is 32.9 Å². The molecule has 8 rings (SSSR count). The van der Waals surface area contributed by atoms with E-state index in [9.17, 15) is 28.7 Å². The predicted octanol–water partition coefficient (Wildman–Crippen LogP) is 11.3. The quantitative estimate of drug-likeness (QED) is 0.0246. The van der Waals surface area contributed by atoms with E-state index in [-0.39, 0.29) is 108 Å². The molecule has 1 amide bonds. The predicted molar refractivity (Wildman–Crippen MR) is 295 cm³/mol. The van der Waals surface area contributed by atoms with Gasteiger partial charge in [-0.05, 0) is 74.1 Å². The van der Waals surface area contributed by atoms with Crippen LogP contribution in [-0.2, 0) is 33.4 Å². The molecule has 0 spiro atoms. The first-order chi connectivity index (χ1) is 38.0. The Bertz CT molecular complexity index is 2820. The highest BCUT2D eigenvalue weighted by Gasteiger charge is 2.50. The number of fused-ring (bicyclic) bond motifs is 5. The molecule has 0 saturated carbocycles. The number of nitrogens with zero attached hydrogens (tertiary/aromatic N) is 6. The summed E-state index contributed by atoms with van der Waals surface area (Å²) in [5.41, 5.74) is -1.86. The van der Waals surface area contributed by atoms with Crippen molar-refractivity contribution in [3.8, 4) is 35.4 Å². The zero-order chi connectivity index (χ0) is 56.3. The van der Waals surface area contributed by atoms with Crippen LogP contribution in [0.4, 0.5) is 19.0 Å². The van der Waals surface area contributed by atoms with E-state index < -0.39 is 52.8 Å². The molecule has 428 valence electrons. The second-order valence-corrected chi connectivity index (χ2v) is 23.2. The molecule has 4 aliphatic rings. The van der Waals surface area contributed by atoms with E-state index in [1.54, 1.807) is 0 Å². The summed E-state index contributed by atoms with van der Waals surface area (Å²) in [5, 5.41) is 11.6. The fourth-order valence-electron chi connectivity index (χ4n) is 12.3. The standard InChI is InChI=1S/C61H79F3N6O9/c1-6-9-11-13-15-17-20-51(73)76-37-45(38-77-52(74)21-18-16-14-12-10-7-2)79-53(75)32-60(4,5)31-50(72)70-42-23-24-43(70)36-68(35-42)58-48-33-65-56(47-29-44(71)28-40-22-25-49(63)46(8-3)54(40)47)55(64)57(48)66-59(67-58)78-39-61-26-19-27-69(61)34-41(62)30-61/h3,22,25,28-29,33,41-43,45,71H,6-7,9-21,23-24,26-27,30-32,34-39H2,1-2,4-5H3/t41-,42?,43?,61+/m1/s1. The number of hydrogen-bond donors (Lipinski definition) is 1. The van der Waals surface area contributed by atoms with Crippen molar-refractivity contribution in [1.82, 2.24) is 24.8 Å². The topological polar surface area (TPSA) is 174 Å². The molecule has 4 aromatic rings. The van der Waals surface area contributed by atoms with Gasteiger partial charge in [-0.25, -0.2) is 13.2 Å². The zero-order valence-corrected chi connectivity index (χ0v) is 46.6. The van der Waals surface area contributed by atoms with Crippen LogP contribution in [0.1, 0.15) is 168 Å². The van der Waals surface area contributed by atoms with E-state index in [0.29, 0.717) is 62.9 Å². The average Bonchev–Trinajstić information content (AvgIpc) is 4.25. The molecule has 2 unspecified atom stereocenters. The minimum atomic E-state index is -1.02. The fraction of sp³-hybridized carbons (Fsp3) is 0.623. The van der Waals surface area contributed by atoms with Crippen LogP contribution in [0.3, 0.4) is 0 Å². The van der Waals surface area contributed by atoms with Gasteiger partial charge in [0.2, 0.25) is 5.91 Å². The summed E-state index contributed by atoms with van der Waals surface area (Å²) in [6.07, 6.45) is 20.9. The molecule has 79 heavy (non-hydrogen) atoms. The number of rotatable bonds is 28. The van der Waals surface area contributed by atoms with Crippen LogP contribution in [0.2, 0.25) is 0 Å². The van der Waals surface area contributed by atoms with Gasteiger partial charge in [0.05, 0.1) is 22.9 Å². The SMILES string of the molecule is C#Cc1c(F)ccc2cc(O)cc(-c3ncc4c(N5CC6CCC(C5)N6C(=O)CC(C)(C)CC(=O)OC(COC(=O)CCCCCCCC)COC(=O)CCCCCCCC)nc(OC[C@@]56CCCN5C[C@H](F)C6)nc4c3F)c12. The molecule has 0 aliphatic carbocycles. The Morgan fingerprint density at radius 1 is 0.861 bits per heavy atom. The second kappa shape index (κ2) is 26.8. The Morgan fingerprint density at radius 2 is 1.51 bits per heavy atom. The molecule has 4 saturated heterocycles. The number of esters is 3. The molecule has 2 aromatic heterocycles. The molecule has 6 heterocycles. The number of amides is 1. The lowest BCUT2D eigenvalue weighted by Gasteiger charge is -2.43. The Balaban J connectivity index is 0.963. The normalized spacial score (nSPS) is 20.0. The van der Waals surface area contributed by atoms with Gasteiger partial charge in [-0.3, -0.25) is 29.1 Å². The first kappa shape index (κ1) is 58.9. The molecule has 18 heteroatoms. The van der Waals surface area contributed by atoms with Crippen molar-refractivity contribution in [2.24, 2.45) is 5.41 Å². The summed E-state index contributed by atoms with van der Waals surface area (Å²) >= 11 is 0. The third-order valence-electron chi connectivity index (χ3n) is 16.3. The molecule has 15 nitrogen and oxygen atoms in total. The summed E-state index contributed by atoms with van der Waals surface area (Å²) in [6.45, 7) is 9.16. The number of anilines is 1. The van der Waals surface area contributed by atoms with Crippen molar-refractivity contribution < 1.29 is 56.4 Å². The van der Waals surface area contributed by atoms with Crippen LogP contribution < -0.4 is 9.64 Å². The number of aromatic nitrogens is 3. The molecule has 4 atom stereocenters. The smallest absolute Gasteiger partial charge is 0.319 e. The van der Waals surface area contributed by atoms with E-state index in [2.05, 4.69) is 34.6 Å². The number of terminal acetylenes is 1. The molecular formula is C61H79F3N6O9. The van der Waals surface area contributed by atoms with Crippen molar-refractivity contribution in [3.05, 3.63) is 47.7 Å². The number of unbranched alkanes of at least 4 members (excludes halogenated alkanes) is 10. The number of hydrogen-bond acceptors (Lipinski definition) is 14. The van der Waals surface area contributed by atoms with E-state index >= 15 is 8.78 Å². The van der Waals surface area contributed by atoms with Gasteiger partial charge in [0.1, 0.15) is 54.6 Å². The van der Waals surface area contributed by atoms with Gasteiger partial charge in [-0.2, -0.15) is 9.97 Å². The maximum atomic E-state index is 17.4. The van der Waals surface area contributed by atoms with Gasteiger partial charge < -0.3 is 33.9 Å². The lowest BCUT2D eigenvalue weighted by atomic mass is 9.85. The number of aromatic hydroxyl groups is 1. The van der Waals surface area contributed by atoms with Crippen LogP contribution in [-0.4, -0.2) is 130 Å². The first-order valence-electron chi connectivity index (χ1n) is 28.9. The Hall–Kier alpha value is -6.22. The van der Waals surface area contributed by atoms with Crippen LogP contribution in [0.15, 0.2) is 30.5 Å². The van der Waals surface area contributed by atoms with Gasteiger partial charge in [0, 0.05) is 74.5 Å². The molecule has 2 aromatic carbocycles. The van der Waals surface area contributed by atoms with Crippen molar-refractivity contribution in [1.29, 1.82) is 0 Å². The Kier molecular flexibility index (Phi) is 20.0. The first-order valence-corrected chi connectivity index (χ1v) is 28.9. The summed E-state index contributed by atoms with van der Waals surface area (Å²) in [6, 6.07) is 4.64. The monoisotopic (exact) mass is 1100 g/mol. The summed E-state index contributed by atoms with van der Waals surface area (Å²) < 4.78 is 70.7. The molecule has 4 fully saturated rings. The van der Waals surface area contributed by atoms with Crippen molar-refractivity contribution >= 4 is 51.3 Å². The maximum absolute atomic E-state index is 17.4. The number of pyridine rings is 1. The Morgan fingerprint density at radius 3 is 2.15 bits per heavy atom. The number of carbonyl (C=O) groups excluding carboxylic acids is 4. The lowest BCUT2D eigenvalue weighted by molar-refractivity contribution is -0.168. The number of phenols is 1. The summed E-state index contributed by atoms with van der Waals surface area (Å²) in [7, 11) is 0. The van der Waals surface area contributed by atoms with E-state index in [4.69, 9.17) is 30.4 Å². The number of carbonyl (C=O) groups is 4. The molecule has 4 aliphatic heterocycles. The van der Waals surface area contributed by atoms with Gasteiger partial charge in [-0.1, -0.05) is 104 Å². The van der Waals surface area contributed by atoms with Crippen molar-refractivity contribution in [2.75, 3.05) is 50.9 Å². The average molecular weight is 1100 g/mol.